The molecule has 2 rings (SSSR count). The van der Waals surface area contributed by atoms with Crippen molar-refractivity contribution in [3.05, 3.63) is 41.4 Å². The third-order valence-corrected chi connectivity index (χ3v) is 4.11. The lowest BCUT2D eigenvalue weighted by Gasteiger charge is -2.22. The van der Waals surface area contributed by atoms with E-state index in [0.29, 0.717) is 33.6 Å². The Morgan fingerprint density at radius 3 is 2.26 bits per heavy atom. The lowest BCUT2D eigenvalue weighted by Crippen LogP contribution is -2.36. The van der Waals surface area contributed by atoms with Gasteiger partial charge in [-0.3, -0.25) is 9.59 Å². The lowest BCUT2D eigenvalue weighted by atomic mass is 10.2. The molecule has 2 aromatic rings. The summed E-state index contributed by atoms with van der Waals surface area (Å²) in [7, 11) is 4.53. The quantitative estimate of drug-likeness (QED) is 0.781. The van der Waals surface area contributed by atoms with Crippen LogP contribution >= 0.6 is 11.6 Å². The predicted molar refractivity (Wildman–Crippen MR) is 104 cm³/mol. The zero-order valence-electron chi connectivity index (χ0n) is 15.5. The van der Waals surface area contributed by atoms with Crippen LogP contribution in [-0.2, 0) is 9.59 Å². The SMILES string of the molecule is COc1ccc(NC(=O)CN(C(C)=O)c2ccc(OC)c(Cl)c2)c(OC)c1. The third-order valence-electron chi connectivity index (χ3n) is 3.81. The van der Waals surface area contributed by atoms with Crippen molar-refractivity contribution >= 4 is 34.8 Å². The molecule has 0 unspecified atom stereocenters. The Balaban J connectivity index is 2.18. The van der Waals surface area contributed by atoms with E-state index in [1.54, 1.807) is 36.4 Å². The van der Waals surface area contributed by atoms with Gasteiger partial charge in [-0.1, -0.05) is 11.6 Å². The van der Waals surface area contributed by atoms with Gasteiger partial charge >= 0.3 is 0 Å². The minimum atomic E-state index is -0.388. The van der Waals surface area contributed by atoms with Crippen LogP contribution in [0.15, 0.2) is 36.4 Å². The van der Waals surface area contributed by atoms with Crippen LogP contribution in [0.2, 0.25) is 5.02 Å². The molecule has 1 N–H and O–H groups in total. The number of nitrogens with one attached hydrogen (secondary N) is 1. The second-order valence-corrected chi connectivity index (χ2v) is 5.95. The molecule has 0 aromatic heterocycles. The summed E-state index contributed by atoms with van der Waals surface area (Å²) in [4.78, 5) is 25.8. The Labute approximate surface area is 162 Å². The number of benzene rings is 2. The summed E-state index contributed by atoms with van der Waals surface area (Å²) in [6, 6.07) is 9.89. The average Bonchev–Trinajstić information content (AvgIpc) is 2.66. The molecular weight excluding hydrogens is 372 g/mol. The molecule has 0 saturated carbocycles. The van der Waals surface area contributed by atoms with Crippen molar-refractivity contribution in [1.82, 2.24) is 0 Å². The highest BCUT2D eigenvalue weighted by Gasteiger charge is 2.18. The number of nitrogens with zero attached hydrogens (tertiary/aromatic N) is 1. The summed E-state index contributed by atoms with van der Waals surface area (Å²) >= 11 is 6.12. The van der Waals surface area contributed by atoms with Crippen LogP contribution in [0, 0.1) is 0 Å². The number of rotatable bonds is 7. The first-order chi connectivity index (χ1) is 12.9. The van der Waals surface area contributed by atoms with Gasteiger partial charge < -0.3 is 24.4 Å². The van der Waals surface area contributed by atoms with E-state index in [1.165, 1.54) is 33.2 Å². The van der Waals surface area contributed by atoms with E-state index in [9.17, 15) is 9.59 Å². The summed E-state index contributed by atoms with van der Waals surface area (Å²) in [6.45, 7) is 1.19. The summed E-state index contributed by atoms with van der Waals surface area (Å²) in [5, 5.41) is 3.08. The van der Waals surface area contributed by atoms with E-state index in [2.05, 4.69) is 5.32 Å². The van der Waals surface area contributed by atoms with E-state index >= 15 is 0 Å². The highest BCUT2D eigenvalue weighted by atomic mass is 35.5. The molecule has 0 bridgehead atoms. The van der Waals surface area contributed by atoms with E-state index in [-0.39, 0.29) is 18.4 Å². The molecule has 0 radical (unpaired) electrons. The van der Waals surface area contributed by atoms with Crippen LogP contribution in [0.1, 0.15) is 6.92 Å². The molecule has 0 atom stereocenters. The van der Waals surface area contributed by atoms with Gasteiger partial charge in [0, 0.05) is 18.7 Å². The minimum absolute atomic E-state index is 0.187. The van der Waals surface area contributed by atoms with Crippen LogP contribution in [0.4, 0.5) is 11.4 Å². The summed E-state index contributed by atoms with van der Waals surface area (Å²) in [5.74, 6) is 0.845. The van der Waals surface area contributed by atoms with Gasteiger partial charge in [0.2, 0.25) is 11.8 Å². The van der Waals surface area contributed by atoms with Crippen molar-refractivity contribution in [3.8, 4) is 17.2 Å². The highest BCUT2D eigenvalue weighted by molar-refractivity contribution is 6.32. The van der Waals surface area contributed by atoms with E-state index in [0.717, 1.165) is 0 Å². The summed E-state index contributed by atoms with van der Waals surface area (Å²) in [5.41, 5.74) is 0.963. The van der Waals surface area contributed by atoms with E-state index in [1.807, 2.05) is 0 Å². The number of carbonyl (C=O) groups is 2. The van der Waals surface area contributed by atoms with E-state index < -0.39 is 0 Å². The van der Waals surface area contributed by atoms with Crippen molar-refractivity contribution in [2.24, 2.45) is 0 Å². The van der Waals surface area contributed by atoms with Crippen LogP contribution in [-0.4, -0.2) is 39.7 Å². The molecule has 0 aliphatic rings. The van der Waals surface area contributed by atoms with Gasteiger partial charge in [-0.25, -0.2) is 0 Å². The summed E-state index contributed by atoms with van der Waals surface area (Å²) in [6.07, 6.45) is 0. The molecule has 8 heteroatoms. The Morgan fingerprint density at radius 2 is 1.70 bits per heavy atom. The number of methoxy groups -OCH3 is 3. The normalized spacial score (nSPS) is 10.1. The van der Waals surface area contributed by atoms with Gasteiger partial charge in [-0.2, -0.15) is 0 Å². The van der Waals surface area contributed by atoms with Gasteiger partial charge in [0.15, 0.2) is 0 Å². The standard InChI is InChI=1S/C19H21ClN2O5/c1-12(23)22(13-5-8-17(26-3)15(20)9-13)11-19(24)21-16-7-6-14(25-2)10-18(16)27-4/h5-10H,11H2,1-4H3,(H,21,24). The predicted octanol–water partition coefficient (Wildman–Crippen LogP) is 3.36. The fraction of sp³-hybridized carbons (Fsp3) is 0.263. The Bertz CT molecular complexity index is 841. The van der Waals surface area contributed by atoms with E-state index in [4.69, 9.17) is 25.8 Å². The molecule has 27 heavy (non-hydrogen) atoms. The van der Waals surface area contributed by atoms with Crippen LogP contribution in [0.25, 0.3) is 0 Å². The first-order valence-corrected chi connectivity index (χ1v) is 8.41. The zero-order valence-corrected chi connectivity index (χ0v) is 16.3. The maximum absolute atomic E-state index is 12.5. The van der Waals surface area contributed by atoms with Crippen LogP contribution in [0.5, 0.6) is 17.2 Å². The Kier molecular flexibility index (Phi) is 6.90. The van der Waals surface area contributed by atoms with Crippen molar-refractivity contribution in [2.45, 2.75) is 6.92 Å². The van der Waals surface area contributed by atoms with Crippen molar-refractivity contribution < 1.29 is 23.8 Å². The molecule has 2 amide bonds. The first kappa shape index (κ1) is 20.4. The van der Waals surface area contributed by atoms with Gasteiger partial charge in [-0.05, 0) is 30.3 Å². The van der Waals surface area contributed by atoms with Crippen molar-refractivity contribution in [1.29, 1.82) is 0 Å². The van der Waals surface area contributed by atoms with Gasteiger partial charge in [-0.15, -0.1) is 0 Å². The molecule has 7 nitrogen and oxygen atoms in total. The maximum atomic E-state index is 12.5. The molecule has 0 spiro atoms. The number of amides is 2. The molecule has 144 valence electrons. The molecule has 0 saturated heterocycles. The second kappa shape index (κ2) is 9.14. The molecule has 0 aliphatic heterocycles. The number of hydrogen-bond acceptors (Lipinski definition) is 5. The van der Waals surface area contributed by atoms with Crippen LogP contribution in [0.3, 0.4) is 0 Å². The van der Waals surface area contributed by atoms with Gasteiger partial charge in [0.25, 0.3) is 0 Å². The average molecular weight is 393 g/mol. The molecule has 0 aliphatic carbocycles. The summed E-state index contributed by atoms with van der Waals surface area (Å²) < 4.78 is 15.5. The fourth-order valence-corrected chi connectivity index (χ4v) is 2.69. The maximum Gasteiger partial charge on any atom is 0.244 e. The van der Waals surface area contributed by atoms with Crippen molar-refractivity contribution in [3.63, 3.8) is 0 Å². The fourth-order valence-electron chi connectivity index (χ4n) is 2.44. The van der Waals surface area contributed by atoms with Crippen LogP contribution < -0.4 is 24.4 Å². The molecule has 0 fully saturated rings. The molecule has 2 aromatic carbocycles. The number of ether oxygens (including phenoxy) is 3. The van der Waals surface area contributed by atoms with Gasteiger partial charge in [0.1, 0.15) is 23.8 Å². The lowest BCUT2D eigenvalue weighted by molar-refractivity contribution is -0.120. The number of halogens is 1. The Hall–Kier alpha value is -2.93. The Morgan fingerprint density at radius 1 is 1.00 bits per heavy atom. The molecular formula is C19H21ClN2O5. The smallest absolute Gasteiger partial charge is 0.244 e. The molecule has 0 heterocycles. The topological polar surface area (TPSA) is 77.1 Å². The number of hydrogen-bond donors (Lipinski definition) is 1. The third kappa shape index (κ3) is 5.04. The minimum Gasteiger partial charge on any atom is -0.497 e. The monoisotopic (exact) mass is 392 g/mol. The van der Waals surface area contributed by atoms with Crippen molar-refractivity contribution in [2.75, 3.05) is 38.1 Å². The van der Waals surface area contributed by atoms with Gasteiger partial charge in [0.05, 0.1) is 32.0 Å². The largest absolute Gasteiger partial charge is 0.497 e. The first-order valence-electron chi connectivity index (χ1n) is 8.03. The number of carbonyl (C=O) groups excluding carboxylic acids is 2. The second-order valence-electron chi connectivity index (χ2n) is 5.54. The number of anilines is 2. The zero-order chi connectivity index (χ0) is 20.0. The highest BCUT2D eigenvalue weighted by Crippen LogP contribution is 2.30.